The zero-order valence-electron chi connectivity index (χ0n) is 28.8. The molecule has 0 N–H and O–H groups in total. The smallest absolute Gasteiger partial charge is 0.227 e. The van der Waals surface area contributed by atoms with Crippen molar-refractivity contribution in [2.45, 2.75) is 0 Å². The SMILES string of the molecule is c1ccc(N(c2ccc(-c3nc4c5ccccc5c5ccccc5c4o3)cc2)c2cccc(N(c3ccccc3)c3ccc4ccccc4c3)c2)cc1. The predicted octanol–water partition coefficient (Wildman–Crippen LogP) is 13.9. The minimum Gasteiger partial charge on any atom is -0.435 e. The number of fused-ring (bicyclic) bond motifs is 7. The molecule has 0 saturated heterocycles. The molecule has 10 aromatic rings. The monoisotopic (exact) mass is 679 g/mol. The van der Waals surface area contributed by atoms with Crippen LogP contribution < -0.4 is 9.80 Å². The fourth-order valence-electron chi connectivity index (χ4n) is 7.54. The van der Waals surface area contributed by atoms with E-state index in [4.69, 9.17) is 9.40 Å². The molecule has 4 heteroatoms. The van der Waals surface area contributed by atoms with Crippen molar-refractivity contribution in [1.82, 2.24) is 4.98 Å². The summed E-state index contributed by atoms with van der Waals surface area (Å²) in [6.07, 6.45) is 0. The Labute approximate surface area is 307 Å². The number of rotatable bonds is 7. The number of anilines is 6. The first-order valence-corrected chi connectivity index (χ1v) is 17.9. The average Bonchev–Trinajstić information content (AvgIpc) is 3.69. The Morgan fingerprint density at radius 1 is 0.340 bits per heavy atom. The molecule has 9 aromatic carbocycles. The Balaban J connectivity index is 1.07. The number of aromatic nitrogens is 1. The molecule has 0 aliphatic heterocycles. The van der Waals surface area contributed by atoms with Crippen molar-refractivity contribution in [2.24, 2.45) is 0 Å². The van der Waals surface area contributed by atoms with Crippen molar-refractivity contribution >= 4 is 77.5 Å². The molecule has 0 bridgehead atoms. The van der Waals surface area contributed by atoms with Crippen molar-refractivity contribution in [1.29, 1.82) is 0 Å². The van der Waals surface area contributed by atoms with E-state index in [1.165, 1.54) is 21.5 Å². The van der Waals surface area contributed by atoms with Gasteiger partial charge in [0.25, 0.3) is 0 Å². The molecule has 0 unspecified atom stereocenters. The number of nitrogens with zero attached hydrogens (tertiary/aromatic N) is 3. The lowest BCUT2D eigenvalue weighted by Crippen LogP contribution is -2.13. The van der Waals surface area contributed by atoms with Gasteiger partial charge >= 0.3 is 0 Å². The summed E-state index contributed by atoms with van der Waals surface area (Å²) in [5.74, 6) is 0.607. The number of hydrogen-bond donors (Lipinski definition) is 0. The van der Waals surface area contributed by atoms with Crippen LogP contribution in [0.25, 0.3) is 54.9 Å². The van der Waals surface area contributed by atoms with E-state index < -0.39 is 0 Å². The predicted molar refractivity (Wildman–Crippen MR) is 221 cm³/mol. The third kappa shape index (κ3) is 5.45. The van der Waals surface area contributed by atoms with Gasteiger partial charge < -0.3 is 14.2 Å². The molecular weight excluding hydrogens is 647 g/mol. The molecule has 0 fully saturated rings. The van der Waals surface area contributed by atoms with E-state index in [9.17, 15) is 0 Å². The van der Waals surface area contributed by atoms with Gasteiger partial charge in [0, 0.05) is 50.5 Å². The molecular formula is C49H33N3O. The molecule has 1 aromatic heterocycles. The molecule has 10 rings (SSSR count). The fourth-order valence-corrected chi connectivity index (χ4v) is 7.54. The van der Waals surface area contributed by atoms with E-state index in [1.807, 2.05) is 0 Å². The zero-order valence-corrected chi connectivity index (χ0v) is 28.8. The van der Waals surface area contributed by atoms with Crippen LogP contribution in [0.2, 0.25) is 0 Å². The molecule has 0 radical (unpaired) electrons. The number of hydrogen-bond acceptors (Lipinski definition) is 4. The minimum atomic E-state index is 0.607. The van der Waals surface area contributed by atoms with Gasteiger partial charge in [0.1, 0.15) is 5.52 Å². The maximum absolute atomic E-state index is 6.57. The van der Waals surface area contributed by atoms with Crippen LogP contribution in [0.3, 0.4) is 0 Å². The van der Waals surface area contributed by atoms with Crippen LogP contribution in [0.1, 0.15) is 0 Å². The van der Waals surface area contributed by atoms with Gasteiger partial charge in [-0.15, -0.1) is 0 Å². The van der Waals surface area contributed by atoms with Gasteiger partial charge in [-0.1, -0.05) is 121 Å². The Hall–Kier alpha value is -7.17. The van der Waals surface area contributed by atoms with Crippen LogP contribution in [-0.4, -0.2) is 4.98 Å². The van der Waals surface area contributed by atoms with Crippen LogP contribution in [-0.2, 0) is 0 Å². The maximum Gasteiger partial charge on any atom is 0.227 e. The number of para-hydroxylation sites is 2. The average molecular weight is 680 g/mol. The highest BCUT2D eigenvalue weighted by Crippen LogP contribution is 2.42. The van der Waals surface area contributed by atoms with E-state index in [-0.39, 0.29) is 0 Å². The normalized spacial score (nSPS) is 11.4. The Kier molecular flexibility index (Phi) is 7.43. The molecule has 0 amide bonds. The third-order valence-electron chi connectivity index (χ3n) is 10.0. The van der Waals surface area contributed by atoms with Crippen LogP contribution in [0.15, 0.2) is 205 Å². The summed E-state index contributed by atoms with van der Waals surface area (Å²) in [5, 5.41) is 6.93. The van der Waals surface area contributed by atoms with Crippen LogP contribution in [0.4, 0.5) is 34.1 Å². The zero-order chi connectivity index (χ0) is 35.1. The molecule has 1 heterocycles. The maximum atomic E-state index is 6.57. The summed E-state index contributed by atoms with van der Waals surface area (Å²) in [6, 6.07) is 70.4. The third-order valence-corrected chi connectivity index (χ3v) is 10.0. The second-order valence-electron chi connectivity index (χ2n) is 13.2. The lowest BCUT2D eigenvalue weighted by atomic mass is 10.0. The summed E-state index contributed by atoms with van der Waals surface area (Å²) in [5.41, 5.74) is 9.01. The van der Waals surface area contributed by atoms with Gasteiger partial charge in [0.05, 0.1) is 0 Å². The van der Waals surface area contributed by atoms with Gasteiger partial charge in [0.2, 0.25) is 5.89 Å². The van der Waals surface area contributed by atoms with Gasteiger partial charge in [-0.25, -0.2) is 4.98 Å². The number of benzene rings is 9. The summed E-state index contributed by atoms with van der Waals surface area (Å²) in [7, 11) is 0. The molecule has 4 nitrogen and oxygen atoms in total. The molecule has 53 heavy (non-hydrogen) atoms. The molecule has 250 valence electrons. The highest BCUT2D eigenvalue weighted by molar-refractivity contribution is 6.22. The Bertz CT molecular complexity index is 2830. The Morgan fingerprint density at radius 2 is 0.811 bits per heavy atom. The van der Waals surface area contributed by atoms with Crippen LogP contribution in [0, 0.1) is 0 Å². The molecule has 0 spiro atoms. The molecule has 0 saturated carbocycles. The van der Waals surface area contributed by atoms with E-state index in [2.05, 4.69) is 210 Å². The van der Waals surface area contributed by atoms with E-state index >= 15 is 0 Å². The fraction of sp³-hybridized carbons (Fsp3) is 0. The van der Waals surface area contributed by atoms with E-state index in [0.717, 1.165) is 61.6 Å². The first-order chi connectivity index (χ1) is 26.3. The number of oxazole rings is 1. The highest BCUT2D eigenvalue weighted by atomic mass is 16.3. The standard InChI is InChI=1S/C49H33N3O/c1-3-16-37(17-4-1)51(40-20-13-21-41(33-40)52(38-18-5-2-6-19-38)42-31-26-34-14-7-8-15-36(34)32-42)39-29-27-35(28-30-39)49-50-47-45-24-11-9-22-43(45)44-23-10-12-25-46(44)48(47)53-49/h1-33H. The van der Waals surface area contributed by atoms with Crippen molar-refractivity contribution in [3.05, 3.63) is 200 Å². The molecule has 0 atom stereocenters. The van der Waals surface area contributed by atoms with Gasteiger partial charge in [-0.05, 0) is 100 Å². The van der Waals surface area contributed by atoms with Crippen LogP contribution in [0.5, 0.6) is 0 Å². The summed E-state index contributed by atoms with van der Waals surface area (Å²) < 4.78 is 6.57. The largest absolute Gasteiger partial charge is 0.435 e. The molecule has 0 aliphatic carbocycles. The van der Waals surface area contributed by atoms with Gasteiger partial charge in [-0.2, -0.15) is 0 Å². The van der Waals surface area contributed by atoms with Crippen molar-refractivity contribution in [2.75, 3.05) is 9.80 Å². The van der Waals surface area contributed by atoms with Crippen molar-refractivity contribution in [3.8, 4) is 11.5 Å². The minimum absolute atomic E-state index is 0.607. The summed E-state index contributed by atoms with van der Waals surface area (Å²) in [4.78, 5) is 9.69. The summed E-state index contributed by atoms with van der Waals surface area (Å²) in [6.45, 7) is 0. The van der Waals surface area contributed by atoms with Crippen LogP contribution >= 0.6 is 0 Å². The van der Waals surface area contributed by atoms with Crippen molar-refractivity contribution < 1.29 is 4.42 Å². The quantitative estimate of drug-likeness (QED) is 0.157. The van der Waals surface area contributed by atoms with E-state index in [1.54, 1.807) is 0 Å². The van der Waals surface area contributed by atoms with Gasteiger partial charge in [0.15, 0.2) is 5.58 Å². The summed E-state index contributed by atoms with van der Waals surface area (Å²) >= 11 is 0. The first kappa shape index (κ1) is 30.6. The lowest BCUT2D eigenvalue weighted by Gasteiger charge is -2.29. The second-order valence-corrected chi connectivity index (χ2v) is 13.2. The Morgan fingerprint density at radius 3 is 1.49 bits per heavy atom. The topological polar surface area (TPSA) is 32.5 Å². The molecule has 0 aliphatic rings. The van der Waals surface area contributed by atoms with Crippen molar-refractivity contribution in [3.63, 3.8) is 0 Å². The lowest BCUT2D eigenvalue weighted by molar-refractivity contribution is 0.623. The first-order valence-electron chi connectivity index (χ1n) is 17.9. The second kappa shape index (κ2) is 12.9. The van der Waals surface area contributed by atoms with Gasteiger partial charge in [-0.3, -0.25) is 0 Å². The highest BCUT2D eigenvalue weighted by Gasteiger charge is 2.19. The van der Waals surface area contributed by atoms with E-state index in [0.29, 0.717) is 5.89 Å².